The molecule has 4 rings (SSSR count). The van der Waals surface area contributed by atoms with Crippen LogP contribution in [-0.4, -0.2) is 24.3 Å². The minimum atomic E-state index is -0.636. The Balaban J connectivity index is 1.93. The monoisotopic (exact) mass is 512 g/mol. The molecule has 0 radical (unpaired) electrons. The number of nitrogens with zero attached hydrogens (tertiary/aromatic N) is 2. The summed E-state index contributed by atoms with van der Waals surface area (Å²) in [5, 5.41) is 0. The van der Waals surface area contributed by atoms with Crippen LogP contribution in [0.2, 0.25) is 0 Å². The van der Waals surface area contributed by atoms with E-state index in [0.29, 0.717) is 26.4 Å². The molecule has 1 aromatic heterocycles. The Bertz CT molecular complexity index is 1370. The van der Waals surface area contributed by atoms with Gasteiger partial charge in [-0.1, -0.05) is 51.5 Å². The molecule has 32 heavy (non-hydrogen) atoms. The van der Waals surface area contributed by atoms with Crippen molar-refractivity contribution in [3.05, 3.63) is 95.1 Å². The second-order valence-corrected chi connectivity index (χ2v) is 9.05. The largest absolute Gasteiger partial charge is 0.497 e. The Kier molecular flexibility index (Phi) is 6.43. The van der Waals surface area contributed by atoms with Crippen LogP contribution < -0.4 is 19.6 Å². The number of halogens is 1. The number of allylic oxidation sites excluding steroid dienone is 1. The maximum Gasteiger partial charge on any atom is 0.338 e. The second-order valence-electron chi connectivity index (χ2n) is 7.13. The molecule has 1 atom stereocenters. The molecule has 0 fully saturated rings. The molecule has 8 heteroatoms. The first-order valence-electron chi connectivity index (χ1n) is 10.0. The predicted molar refractivity (Wildman–Crippen MR) is 128 cm³/mol. The smallest absolute Gasteiger partial charge is 0.338 e. The Morgan fingerprint density at radius 2 is 1.88 bits per heavy atom. The summed E-state index contributed by atoms with van der Waals surface area (Å²) in [7, 11) is 1.59. The van der Waals surface area contributed by atoms with Crippen LogP contribution in [-0.2, 0) is 9.53 Å². The van der Waals surface area contributed by atoms with Crippen molar-refractivity contribution in [2.75, 3.05) is 13.7 Å². The third kappa shape index (κ3) is 4.20. The molecular weight excluding hydrogens is 492 g/mol. The molecule has 0 saturated heterocycles. The van der Waals surface area contributed by atoms with Crippen LogP contribution in [0.1, 0.15) is 31.0 Å². The molecule has 0 saturated carbocycles. The molecular formula is C24H21BrN2O4S. The molecule has 1 aliphatic rings. The number of rotatable bonds is 5. The lowest BCUT2D eigenvalue weighted by Gasteiger charge is -2.24. The third-order valence-electron chi connectivity index (χ3n) is 5.12. The summed E-state index contributed by atoms with van der Waals surface area (Å²) in [5.41, 5.74) is 2.38. The summed E-state index contributed by atoms with van der Waals surface area (Å²) in [4.78, 5) is 31.5. The van der Waals surface area contributed by atoms with Gasteiger partial charge in [-0.15, -0.1) is 0 Å². The number of ether oxygens (including phenoxy) is 2. The molecule has 1 aliphatic heterocycles. The van der Waals surface area contributed by atoms with Gasteiger partial charge in [0.1, 0.15) is 5.75 Å². The molecule has 0 aliphatic carbocycles. The van der Waals surface area contributed by atoms with Crippen molar-refractivity contribution < 1.29 is 14.3 Å². The minimum Gasteiger partial charge on any atom is -0.497 e. The summed E-state index contributed by atoms with van der Waals surface area (Å²) in [6.07, 6.45) is 1.84. The lowest BCUT2D eigenvalue weighted by Crippen LogP contribution is -2.39. The average molecular weight is 513 g/mol. The van der Waals surface area contributed by atoms with Crippen LogP contribution in [0.25, 0.3) is 6.08 Å². The van der Waals surface area contributed by atoms with Gasteiger partial charge in [0.2, 0.25) is 0 Å². The second kappa shape index (κ2) is 9.26. The molecule has 2 aromatic carbocycles. The fourth-order valence-corrected chi connectivity index (χ4v) is 4.91. The van der Waals surface area contributed by atoms with Gasteiger partial charge in [0.15, 0.2) is 4.80 Å². The lowest BCUT2D eigenvalue weighted by molar-refractivity contribution is -0.139. The van der Waals surface area contributed by atoms with Crippen molar-refractivity contribution in [1.82, 2.24) is 4.57 Å². The maximum atomic E-state index is 13.5. The van der Waals surface area contributed by atoms with Gasteiger partial charge in [0.05, 0.1) is 35.6 Å². The number of carbonyl (C=O) groups excluding carboxylic acids is 1. The van der Waals surface area contributed by atoms with E-state index in [1.54, 1.807) is 25.5 Å². The number of esters is 1. The number of benzene rings is 2. The Hall–Kier alpha value is -2.97. The Morgan fingerprint density at radius 3 is 2.50 bits per heavy atom. The van der Waals surface area contributed by atoms with E-state index in [4.69, 9.17) is 9.47 Å². The number of methoxy groups -OCH3 is 1. The molecule has 164 valence electrons. The summed E-state index contributed by atoms with van der Waals surface area (Å²) in [6, 6.07) is 14.4. The molecule has 6 nitrogen and oxygen atoms in total. The van der Waals surface area contributed by atoms with Crippen LogP contribution >= 0.6 is 27.3 Å². The zero-order chi connectivity index (χ0) is 22.8. The lowest BCUT2D eigenvalue weighted by atomic mass is 9.96. The van der Waals surface area contributed by atoms with Gasteiger partial charge in [-0.05, 0) is 55.3 Å². The first-order chi connectivity index (χ1) is 15.4. The fourth-order valence-electron chi connectivity index (χ4n) is 3.60. The first-order valence-corrected chi connectivity index (χ1v) is 11.6. The van der Waals surface area contributed by atoms with E-state index >= 15 is 0 Å². The topological polar surface area (TPSA) is 69.9 Å². The van der Waals surface area contributed by atoms with Gasteiger partial charge < -0.3 is 9.47 Å². The number of fused-ring (bicyclic) bond motifs is 1. The summed E-state index contributed by atoms with van der Waals surface area (Å²) in [6.45, 7) is 3.76. The summed E-state index contributed by atoms with van der Waals surface area (Å²) >= 11 is 4.73. The van der Waals surface area contributed by atoms with Crippen molar-refractivity contribution >= 4 is 39.3 Å². The van der Waals surface area contributed by atoms with Gasteiger partial charge in [-0.3, -0.25) is 9.36 Å². The quantitative estimate of drug-likeness (QED) is 0.490. The number of hydrogen-bond donors (Lipinski definition) is 0. The number of carbonyl (C=O) groups is 1. The van der Waals surface area contributed by atoms with Gasteiger partial charge in [0, 0.05) is 4.47 Å². The Labute approximate surface area is 197 Å². The van der Waals surface area contributed by atoms with E-state index in [1.165, 1.54) is 11.3 Å². The minimum absolute atomic E-state index is 0.202. The standard InChI is InChI=1S/C24H21BrN2O4S/c1-4-31-23(29)20-14(2)26-24-27(21(20)16-7-11-18(30-3)12-8-16)22(28)19(32-24)13-15-5-9-17(25)10-6-15/h5-13,21H,4H2,1-3H3/b19-13+/t21-/m0/s1. The highest BCUT2D eigenvalue weighted by atomic mass is 79.9. The van der Waals surface area contributed by atoms with E-state index in [0.717, 1.165) is 15.6 Å². The highest BCUT2D eigenvalue weighted by molar-refractivity contribution is 9.10. The van der Waals surface area contributed by atoms with E-state index in [-0.39, 0.29) is 12.2 Å². The predicted octanol–water partition coefficient (Wildman–Crippen LogP) is 3.57. The van der Waals surface area contributed by atoms with Gasteiger partial charge in [-0.25, -0.2) is 9.79 Å². The van der Waals surface area contributed by atoms with Gasteiger partial charge in [-0.2, -0.15) is 0 Å². The van der Waals surface area contributed by atoms with Gasteiger partial charge in [0.25, 0.3) is 5.56 Å². The zero-order valence-electron chi connectivity index (χ0n) is 17.8. The molecule has 0 amide bonds. The zero-order valence-corrected chi connectivity index (χ0v) is 20.2. The van der Waals surface area contributed by atoms with Crippen LogP contribution in [0.4, 0.5) is 0 Å². The number of thiazole rings is 1. The third-order valence-corrected chi connectivity index (χ3v) is 6.63. The van der Waals surface area contributed by atoms with Crippen LogP contribution in [0.5, 0.6) is 5.75 Å². The van der Waals surface area contributed by atoms with E-state index in [1.807, 2.05) is 54.6 Å². The molecule has 0 N–H and O–H groups in total. The van der Waals surface area contributed by atoms with Crippen molar-refractivity contribution in [2.45, 2.75) is 19.9 Å². The highest BCUT2D eigenvalue weighted by Gasteiger charge is 2.33. The summed E-state index contributed by atoms with van der Waals surface area (Å²) in [5.74, 6) is 0.214. The van der Waals surface area contributed by atoms with Crippen LogP contribution in [0.3, 0.4) is 0 Å². The van der Waals surface area contributed by atoms with Crippen molar-refractivity contribution in [3.8, 4) is 5.75 Å². The molecule has 0 unspecified atom stereocenters. The molecule has 0 spiro atoms. The normalized spacial score (nSPS) is 15.9. The summed E-state index contributed by atoms with van der Waals surface area (Å²) < 4.78 is 13.7. The van der Waals surface area contributed by atoms with Crippen molar-refractivity contribution in [3.63, 3.8) is 0 Å². The van der Waals surface area contributed by atoms with Crippen LogP contribution in [0.15, 0.2) is 74.1 Å². The molecule has 2 heterocycles. The van der Waals surface area contributed by atoms with E-state index in [2.05, 4.69) is 20.9 Å². The number of hydrogen-bond acceptors (Lipinski definition) is 6. The first kappa shape index (κ1) is 22.2. The highest BCUT2D eigenvalue weighted by Crippen LogP contribution is 2.31. The van der Waals surface area contributed by atoms with Crippen LogP contribution in [0, 0.1) is 0 Å². The van der Waals surface area contributed by atoms with Crippen molar-refractivity contribution in [1.29, 1.82) is 0 Å². The molecule has 3 aromatic rings. The SMILES string of the molecule is CCOC(=O)C1=C(C)N=c2s/c(=C/c3ccc(Br)cc3)c(=O)n2[C@H]1c1ccc(OC)cc1. The maximum absolute atomic E-state index is 13.5. The van der Waals surface area contributed by atoms with E-state index < -0.39 is 12.0 Å². The molecule has 0 bridgehead atoms. The fraction of sp³-hybridized carbons (Fsp3) is 0.208. The Morgan fingerprint density at radius 1 is 1.19 bits per heavy atom. The number of aromatic nitrogens is 1. The van der Waals surface area contributed by atoms with E-state index in [9.17, 15) is 9.59 Å². The average Bonchev–Trinajstić information content (AvgIpc) is 3.09. The van der Waals surface area contributed by atoms with Crippen molar-refractivity contribution in [2.24, 2.45) is 4.99 Å². The van der Waals surface area contributed by atoms with Gasteiger partial charge >= 0.3 is 5.97 Å².